The van der Waals surface area contributed by atoms with E-state index in [1.807, 2.05) is 30.3 Å². The SMILES string of the molecule is O=C(OCc1ccccc1)Oc1ccc(C=Nc2ccc(F)cc2)cc1. The molecule has 0 fully saturated rings. The van der Waals surface area contributed by atoms with Gasteiger partial charge in [0, 0.05) is 6.21 Å². The van der Waals surface area contributed by atoms with E-state index in [2.05, 4.69) is 4.99 Å². The summed E-state index contributed by atoms with van der Waals surface area (Å²) < 4.78 is 23.0. The number of carbonyl (C=O) groups excluding carboxylic acids is 1. The lowest BCUT2D eigenvalue weighted by Crippen LogP contribution is -2.10. The smallest absolute Gasteiger partial charge is 0.429 e. The molecule has 3 aromatic carbocycles. The Balaban J connectivity index is 1.52. The van der Waals surface area contributed by atoms with Gasteiger partial charge in [0.15, 0.2) is 0 Å². The molecule has 0 aliphatic rings. The molecule has 0 radical (unpaired) electrons. The lowest BCUT2D eigenvalue weighted by molar-refractivity contribution is 0.0928. The molecule has 26 heavy (non-hydrogen) atoms. The van der Waals surface area contributed by atoms with E-state index in [0.717, 1.165) is 11.1 Å². The topological polar surface area (TPSA) is 47.9 Å². The first kappa shape index (κ1) is 17.4. The van der Waals surface area contributed by atoms with Gasteiger partial charge in [-0.2, -0.15) is 0 Å². The summed E-state index contributed by atoms with van der Waals surface area (Å²) in [5.74, 6) is 0.0756. The van der Waals surface area contributed by atoms with Gasteiger partial charge in [-0.05, 0) is 59.7 Å². The van der Waals surface area contributed by atoms with E-state index >= 15 is 0 Å². The maximum atomic E-state index is 12.8. The van der Waals surface area contributed by atoms with Gasteiger partial charge in [-0.1, -0.05) is 30.3 Å². The molecule has 0 aliphatic heterocycles. The van der Waals surface area contributed by atoms with E-state index in [9.17, 15) is 9.18 Å². The second kappa shape index (κ2) is 8.58. The van der Waals surface area contributed by atoms with Crippen LogP contribution in [0.4, 0.5) is 14.9 Å². The largest absolute Gasteiger partial charge is 0.514 e. The summed E-state index contributed by atoms with van der Waals surface area (Å²) in [5.41, 5.74) is 2.35. The average Bonchev–Trinajstić information content (AvgIpc) is 2.68. The third-order valence-electron chi connectivity index (χ3n) is 3.47. The maximum absolute atomic E-state index is 12.8. The zero-order valence-corrected chi connectivity index (χ0v) is 13.8. The number of nitrogens with zero attached hydrogens (tertiary/aromatic N) is 1. The highest BCUT2D eigenvalue weighted by atomic mass is 19.1. The highest BCUT2D eigenvalue weighted by Crippen LogP contribution is 2.15. The molecular weight excluding hydrogens is 333 g/mol. The number of hydrogen-bond donors (Lipinski definition) is 0. The highest BCUT2D eigenvalue weighted by Gasteiger charge is 2.06. The maximum Gasteiger partial charge on any atom is 0.514 e. The molecule has 0 N–H and O–H groups in total. The van der Waals surface area contributed by atoms with Crippen molar-refractivity contribution in [2.24, 2.45) is 4.99 Å². The van der Waals surface area contributed by atoms with Crippen molar-refractivity contribution in [1.29, 1.82) is 0 Å². The van der Waals surface area contributed by atoms with Crippen LogP contribution in [0.3, 0.4) is 0 Å². The molecule has 0 amide bonds. The molecule has 0 aromatic heterocycles. The predicted octanol–water partition coefficient (Wildman–Crippen LogP) is 5.29. The number of hydrogen-bond acceptors (Lipinski definition) is 4. The first-order valence-corrected chi connectivity index (χ1v) is 7.97. The van der Waals surface area contributed by atoms with E-state index in [4.69, 9.17) is 9.47 Å². The summed E-state index contributed by atoms with van der Waals surface area (Å²) in [6.45, 7) is 0.155. The molecule has 0 unspecified atom stereocenters. The van der Waals surface area contributed by atoms with Crippen LogP contribution in [-0.2, 0) is 11.3 Å². The van der Waals surface area contributed by atoms with Crippen LogP contribution in [-0.4, -0.2) is 12.4 Å². The van der Waals surface area contributed by atoms with Crippen LogP contribution in [0.25, 0.3) is 0 Å². The van der Waals surface area contributed by atoms with Gasteiger partial charge < -0.3 is 9.47 Å². The third kappa shape index (κ3) is 5.27. The van der Waals surface area contributed by atoms with E-state index < -0.39 is 6.16 Å². The van der Waals surface area contributed by atoms with E-state index in [1.165, 1.54) is 12.1 Å². The van der Waals surface area contributed by atoms with Crippen molar-refractivity contribution in [3.05, 3.63) is 95.8 Å². The minimum Gasteiger partial charge on any atom is -0.429 e. The Morgan fingerprint density at radius 3 is 2.31 bits per heavy atom. The van der Waals surface area contributed by atoms with Crippen molar-refractivity contribution in [3.63, 3.8) is 0 Å². The van der Waals surface area contributed by atoms with Crippen LogP contribution in [0, 0.1) is 5.82 Å². The van der Waals surface area contributed by atoms with Crippen molar-refractivity contribution < 1.29 is 18.7 Å². The second-order valence-corrected chi connectivity index (χ2v) is 5.43. The quantitative estimate of drug-likeness (QED) is 0.357. The van der Waals surface area contributed by atoms with E-state index in [0.29, 0.717) is 11.4 Å². The molecule has 5 heteroatoms. The molecule has 0 bridgehead atoms. The molecule has 3 rings (SSSR count). The van der Waals surface area contributed by atoms with Crippen LogP contribution in [0.15, 0.2) is 83.9 Å². The molecule has 0 saturated carbocycles. The summed E-state index contributed by atoms with van der Waals surface area (Å²) in [4.78, 5) is 16.0. The molecule has 0 aliphatic carbocycles. The fourth-order valence-electron chi connectivity index (χ4n) is 2.14. The van der Waals surface area contributed by atoms with Crippen LogP contribution in [0.5, 0.6) is 5.75 Å². The summed E-state index contributed by atoms with van der Waals surface area (Å²) in [6, 6.07) is 22.1. The number of halogens is 1. The van der Waals surface area contributed by atoms with Gasteiger partial charge in [-0.3, -0.25) is 4.99 Å². The number of aliphatic imine (C=N–C) groups is 1. The lowest BCUT2D eigenvalue weighted by atomic mass is 10.2. The van der Waals surface area contributed by atoms with Crippen molar-refractivity contribution in [2.45, 2.75) is 6.61 Å². The Labute approximate surface area is 150 Å². The Kier molecular flexibility index (Phi) is 5.72. The first-order chi connectivity index (χ1) is 12.7. The standard InChI is InChI=1S/C21H16FNO3/c22-18-8-10-19(11-9-18)23-14-16-6-12-20(13-7-16)26-21(24)25-15-17-4-2-1-3-5-17/h1-14H,15H2. The molecule has 0 heterocycles. The minimum atomic E-state index is -0.762. The molecule has 4 nitrogen and oxygen atoms in total. The summed E-state index contributed by atoms with van der Waals surface area (Å²) in [5, 5.41) is 0. The number of benzene rings is 3. The monoisotopic (exact) mass is 349 g/mol. The molecule has 3 aromatic rings. The zero-order chi connectivity index (χ0) is 18.2. The van der Waals surface area contributed by atoms with Gasteiger partial charge in [-0.25, -0.2) is 9.18 Å². The van der Waals surface area contributed by atoms with Gasteiger partial charge >= 0.3 is 6.16 Å². The minimum absolute atomic E-state index is 0.155. The predicted molar refractivity (Wildman–Crippen MR) is 97.4 cm³/mol. The normalized spacial score (nSPS) is 10.7. The van der Waals surface area contributed by atoms with E-state index in [1.54, 1.807) is 42.6 Å². The van der Waals surface area contributed by atoms with Crippen LogP contribution >= 0.6 is 0 Å². The highest BCUT2D eigenvalue weighted by molar-refractivity contribution is 5.82. The summed E-state index contributed by atoms with van der Waals surface area (Å²) in [6.07, 6.45) is 0.881. The third-order valence-corrected chi connectivity index (χ3v) is 3.47. The van der Waals surface area contributed by atoms with E-state index in [-0.39, 0.29) is 12.4 Å². The van der Waals surface area contributed by atoms with Gasteiger partial charge in [0.2, 0.25) is 0 Å². The molecular formula is C21H16FNO3. The Hall–Kier alpha value is -3.47. The summed E-state index contributed by atoms with van der Waals surface area (Å²) >= 11 is 0. The molecule has 130 valence electrons. The Morgan fingerprint density at radius 2 is 1.62 bits per heavy atom. The number of ether oxygens (including phenoxy) is 2. The Bertz CT molecular complexity index is 875. The van der Waals surface area contributed by atoms with Crippen LogP contribution in [0.1, 0.15) is 11.1 Å². The number of rotatable bonds is 5. The lowest BCUT2D eigenvalue weighted by Gasteiger charge is -2.06. The van der Waals surface area contributed by atoms with Crippen molar-refractivity contribution in [3.8, 4) is 5.75 Å². The van der Waals surface area contributed by atoms with Crippen molar-refractivity contribution in [2.75, 3.05) is 0 Å². The van der Waals surface area contributed by atoms with Crippen molar-refractivity contribution in [1.82, 2.24) is 0 Å². The fourth-order valence-corrected chi connectivity index (χ4v) is 2.14. The first-order valence-electron chi connectivity index (χ1n) is 7.97. The van der Waals surface area contributed by atoms with Gasteiger partial charge in [0.1, 0.15) is 18.2 Å². The molecule has 0 spiro atoms. The van der Waals surface area contributed by atoms with Gasteiger partial charge in [0.05, 0.1) is 5.69 Å². The van der Waals surface area contributed by atoms with Crippen molar-refractivity contribution >= 4 is 18.1 Å². The summed E-state index contributed by atoms with van der Waals surface area (Å²) in [7, 11) is 0. The van der Waals surface area contributed by atoms with Gasteiger partial charge in [0.25, 0.3) is 0 Å². The van der Waals surface area contributed by atoms with Crippen LogP contribution in [0.2, 0.25) is 0 Å². The molecule has 0 atom stereocenters. The van der Waals surface area contributed by atoms with Crippen LogP contribution < -0.4 is 4.74 Å². The number of carbonyl (C=O) groups is 1. The van der Waals surface area contributed by atoms with Gasteiger partial charge in [-0.15, -0.1) is 0 Å². The zero-order valence-electron chi connectivity index (χ0n) is 13.8. The molecule has 0 saturated heterocycles. The average molecular weight is 349 g/mol. The fraction of sp³-hybridized carbons (Fsp3) is 0.0476. The second-order valence-electron chi connectivity index (χ2n) is 5.43. The Morgan fingerprint density at radius 1 is 0.923 bits per heavy atom.